The number of hydrogen-bond acceptors (Lipinski definition) is 6. The minimum Gasteiger partial charge on any atom is -0.490 e. The van der Waals surface area contributed by atoms with Crippen molar-refractivity contribution >= 4 is 5.91 Å². The Hall–Kier alpha value is -2.41. The van der Waals surface area contributed by atoms with Gasteiger partial charge in [0, 0.05) is 50.7 Å². The number of rotatable bonds is 4. The predicted molar refractivity (Wildman–Crippen MR) is 99.6 cm³/mol. The van der Waals surface area contributed by atoms with E-state index in [2.05, 4.69) is 15.0 Å². The second-order valence-electron chi connectivity index (χ2n) is 7.38. The van der Waals surface area contributed by atoms with Gasteiger partial charge in [-0.15, -0.1) is 0 Å². The highest BCUT2D eigenvalue weighted by Crippen LogP contribution is 2.24. The molecule has 2 aromatic heterocycles. The van der Waals surface area contributed by atoms with Crippen LogP contribution < -0.4 is 4.74 Å². The molecule has 1 amide bonds. The van der Waals surface area contributed by atoms with E-state index in [9.17, 15) is 4.79 Å². The first kappa shape index (κ1) is 18.0. The van der Waals surface area contributed by atoms with Crippen LogP contribution in [0.1, 0.15) is 41.9 Å². The maximum atomic E-state index is 12.5. The predicted octanol–water partition coefficient (Wildman–Crippen LogP) is 2.53. The minimum absolute atomic E-state index is 0.0187. The Labute approximate surface area is 159 Å². The van der Waals surface area contributed by atoms with Gasteiger partial charge in [-0.2, -0.15) is 0 Å². The zero-order chi connectivity index (χ0) is 18.6. The van der Waals surface area contributed by atoms with Crippen molar-refractivity contribution in [1.82, 2.24) is 19.9 Å². The molecular weight excluding hydrogens is 344 g/mol. The molecule has 4 rings (SSSR count). The lowest BCUT2D eigenvalue weighted by Crippen LogP contribution is -2.50. The number of piperidine rings is 2. The van der Waals surface area contributed by atoms with Crippen molar-refractivity contribution < 1.29 is 14.1 Å². The molecule has 0 radical (unpaired) electrons. The van der Waals surface area contributed by atoms with Gasteiger partial charge >= 0.3 is 0 Å². The summed E-state index contributed by atoms with van der Waals surface area (Å²) >= 11 is 0. The summed E-state index contributed by atoms with van der Waals surface area (Å²) in [4.78, 5) is 21.0. The molecule has 0 N–H and O–H groups in total. The van der Waals surface area contributed by atoms with E-state index in [1.165, 1.54) is 0 Å². The molecule has 144 valence electrons. The first-order valence-corrected chi connectivity index (χ1v) is 9.72. The van der Waals surface area contributed by atoms with Crippen LogP contribution in [0.3, 0.4) is 0 Å². The molecule has 0 unspecified atom stereocenters. The number of ether oxygens (including phenoxy) is 1. The molecule has 2 fully saturated rings. The lowest BCUT2D eigenvalue weighted by Gasteiger charge is -2.41. The number of aryl methyl sites for hydroxylation is 1. The summed E-state index contributed by atoms with van der Waals surface area (Å²) in [6, 6.07) is 6.09. The maximum absolute atomic E-state index is 12.5. The van der Waals surface area contributed by atoms with Crippen LogP contribution in [0.4, 0.5) is 0 Å². The SMILES string of the molecule is Cc1cc(C(=O)N2CCC(N3CCC(Oc4ccncc4)CC3)CC2)no1. The van der Waals surface area contributed by atoms with Gasteiger partial charge in [0.05, 0.1) is 0 Å². The van der Waals surface area contributed by atoms with Crippen LogP contribution in [0.5, 0.6) is 5.75 Å². The molecular formula is C20H26N4O3. The molecule has 2 saturated heterocycles. The van der Waals surface area contributed by atoms with E-state index in [-0.39, 0.29) is 12.0 Å². The molecule has 0 saturated carbocycles. The van der Waals surface area contributed by atoms with Crippen LogP contribution >= 0.6 is 0 Å². The Kier molecular flexibility index (Phi) is 5.38. The third-order valence-electron chi connectivity index (χ3n) is 5.54. The lowest BCUT2D eigenvalue weighted by molar-refractivity contribution is 0.0421. The van der Waals surface area contributed by atoms with E-state index in [1.54, 1.807) is 25.4 Å². The first-order chi connectivity index (χ1) is 13.2. The van der Waals surface area contributed by atoms with Crippen molar-refractivity contribution in [1.29, 1.82) is 0 Å². The number of nitrogens with zero attached hydrogens (tertiary/aromatic N) is 4. The summed E-state index contributed by atoms with van der Waals surface area (Å²) in [5.74, 6) is 1.55. The van der Waals surface area contributed by atoms with Gasteiger partial charge in [-0.25, -0.2) is 0 Å². The van der Waals surface area contributed by atoms with Gasteiger partial charge in [0.2, 0.25) is 0 Å². The highest BCUT2D eigenvalue weighted by atomic mass is 16.5. The summed E-state index contributed by atoms with van der Waals surface area (Å²) in [5, 5.41) is 3.85. The van der Waals surface area contributed by atoms with Gasteiger partial charge in [-0.05, 0) is 44.7 Å². The minimum atomic E-state index is -0.0187. The Balaban J connectivity index is 1.23. The van der Waals surface area contributed by atoms with E-state index in [0.717, 1.165) is 57.6 Å². The van der Waals surface area contributed by atoms with Gasteiger partial charge in [-0.3, -0.25) is 14.7 Å². The molecule has 7 nitrogen and oxygen atoms in total. The number of pyridine rings is 1. The number of likely N-dealkylation sites (tertiary alicyclic amines) is 2. The van der Waals surface area contributed by atoms with E-state index < -0.39 is 0 Å². The second-order valence-corrected chi connectivity index (χ2v) is 7.38. The number of hydrogen-bond donors (Lipinski definition) is 0. The average molecular weight is 370 g/mol. The lowest BCUT2D eigenvalue weighted by atomic mass is 9.98. The summed E-state index contributed by atoms with van der Waals surface area (Å²) in [7, 11) is 0. The summed E-state index contributed by atoms with van der Waals surface area (Å²) < 4.78 is 11.1. The van der Waals surface area contributed by atoms with Crippen LogP contribution in [0.2, 0.25) is 0 Å². The van der Waals surface area contributed by atoms with Crippen LogP contribution in [-0.2, 0) is 0 Å². The Morgan fingerprint density at radius 1 is 1.11 bits per heavy atom. The number of carbonyl (C=O) groups excluding carboxylic acids is 1. The zero-order valence-corrected chi connectivity index (χ0v) is 15.7. The van der Waals surface area contributed by atoms with E-state index in [1.807, 2.05) is 17.0 Å². The van der Waals surface area contributed by atoms with Crippen LogP contribution in [0.25, 0.3) is 0 Å². The normalized spacial score (nSPS) is 20.0. The summed E-state index contributed by atoms with van der Waals surface area (Å²) in [6.45, 7) is 5.47. The third kappa shape index (κ3) is 4.30. The fraction of sp³-hybridized carbons (Fsp3) is 0.550. The maximum Gasteiger partial charge on any atom is 0.276 e. The van der Waals surface area contributed by atoms with Crippen molar-refractivity contribution in [2.45, 2.75) is 44.8 Å². The molecule has 0 spiro atoms. The van der Waals surface area contributed by atoms with Gasteiger partial charge < -0.3 is 14.2 Å². The molecule has 4 heterocycles. The van der Waals surface area contributed by atoms with Crippen LogP contribution in [0, 0.1) is 6.92 Å². The van der Waals surface area contributed by atoms with Crippen molar-refractivity contribution in [3.8, 4) is 5.75 Å². The standard InChI is InChI=1S/C20H26N4O3/c1-15-14-19(22-27-15)20(25)24-10-4-16(5-11-24)23-12-6-18(7-13-23)26-17-2-8-21-9-3-17/h2-3,8-9,14,16,18H,4-7,10-13H2,1H3. The number of aromatic nitrogens is 2. The van der Waals surface area contributed by atoms with Gasteiger partial charge in [0.15, 0.2) is 5.69 Å². The van der Waals surface area contributed by atoms with Gasteiger partial charge in [0.25, 0.3) is 5.91 Å². The average Bonchev–Trinajstić information content (AvgIpc) is 3.15. The molecule has 0 aromatic carbocycles. The molecule has 2 aliphatic rings. The van der Waals surface area contributed by atoms with Crippen LogP contribution in [0.15, 0.2) is 35.1 Å². The van der Waals surface area contributed by atoms with Crippen molar-refractivity contribution in [3.63, 3.8) is 0 Å². The van der Waals surface area contributed by atoms with Crippen molar-refractivity contribution in [2.75, 3.05) is 26.2 Å². The number of carbonyl (C=O) groups is 1. The monoisotopic (exact) mass is 370 g/mol. The van der Waals surface area contributed by atoms with Crippen LogP contribution in [-0.4, -0.2) is 64.2 Å². The first-order valence-electron chi connectivity index (χ1n) is 9.72. The van der Waals surface area contributed by atoms with Crippen molar-refractivity contribution in [3.05, 3.63) is 42.0 Å². The molecule has 7 heteroatoms. The van der Waals surface area contributed by atoms with E-state index in [0.29, 0.717) is 17.5 Å². The quantitative estimate of drug-likeness (QED) is 0.824. The molecule has 2 aliphatic heterocycles. The molecule has 0 aliphatic carbocycles. The molecule has 0 atom stereocenters. The fourth-order valence-electron chi connectivity index (χ4n) is 4.03. The largest absolute Gasteiger partial charge is 0.490 e. The van der Waals surface area contributed by atoms with Crippen molar-refractivity contribution in [2.24, 2.45) is 0 Å². The topological polar surface area (TPSA) is 71.7 Å². The Bertz CT molecular complexity index is 748. The smallest absolute Gasteiger partial charge is 0.276 e. The summed E-state index contributed by atoms with van der Waals surface area (Å²) in [5.41, 5.74) is 0.417. The highest BCUT2D eigenvalue weighted by molar-refractivity contribution is 5.92. The molecule has 2 aromatic rings. The fourth-order valence-corrected chi connectivity index (χ4v) is 4.03. The summed E-state index contributed by atoms with van der Waals surface area (Å²) in [6.07, 6.45) is 7.91. The Morgan fingerprint density at radius 2 is 1.81 bits per heavy atom. The zero-order valence-electron chi connectivity index (χ0n) is 15.7. The Morgan fingerprint density at radius 3 is 2.44 bits per heavy atom. The number of amides is 1. The van der Waals surface area contributed by atoms with E-state index in [4.69, 9.17) is 9.26 Å². The van der Waals surface area contributed by atoms with Gasteiger partial charge in [0.1, 0.15) is 17.6 Å². The highest BCUT2D eigenvalue weighted by Gasteiger charge is 2.31. The molecule has 27 heavy (non-hydrogen) atoms. The second kappa shape index (κ2) is 8.08. The van der Waals surface area contributed by atoms with Gasteiger partial charge in [-0.1, -0.05) is 5.16 Å². The molecule has 0 bridgehead atoms. The third-order valence-corrected chi connectivity index (χ3v) is 5.54. The van der Waals surface area contributed by atoms with E-state index >= 15 is 0 Å².